The zero-order valence-corrected chi connectivity index (χ0v) is 14.8. The van der Waals surface area contributed by atoms with Crippen molar-refractivity contribution in [2.75, 3.05) is 0 Å². The van der Waals surface area contributed by atoms with Gasteiger partial charge in [0.2, 0.25) is 15.7 Å². The van der Waals surface area contributed by atoms with Gasteiger partial charge in [-0.3, -0.25) is 9.89 Å². The van der Waals surface area contributed by atoms with Crippen LogP contribution in [0.15, 0.2) is 57.2 Å². The van der Waals surface area contributed by atoms with Gasteiger partial charge in [0.25, 0.3) is 0 Å². The molecule has 1 aromatic carbocycles. The Morgan fingerprint density at radius 1 is 1.28 bits per heavy atom. The summed E-state index contributed by atoms with van der Waals surface area (Å²) in [6.07, 6.45) is 2.19. The highest BCUT2D eigenvalue weighted by molar-refractivity contribution is 7.93. The Hall–Kier alpha value is -2.49. The van der Waals surface area contributed by atoms with Crippen LogP contribution in [0, 0.1) is 0 Å². The summed E-state index contributed by atoms with van der Waals surface area (Å²) in [5.74, 6) is -1.01. The molecule has 7 nitrogen and oxygen atoms in total. The van der Waals surface area contributed by atoms with Gasteiger partial charge < -0.3 is 5.11 Å². The van der Waals surface area contributed by atoms with Crippen LogP contribution in [0.2, 0.25) is 5.02 Å². The molecular weight excluding hydrogens is 386 g/mol. The number of halogens is 1. The van der Waals surface area contributed by atoms with Gasteiger partial charge in [0.05, 0.1) is 4.90 Å². The molecule has 0 spiro atoms. The van der Waals surface area contributed by atoms with Crippen LogP contribution in [0.25, 0.3) is 5.76 Å². The van der Waals surface area contributed by atoms with Crippen molar-refractivity contribution >= 4 is 44.3 Å². The average molecular weight is 396 g/mol. The van der Waals surface area contributed by atoms with Gasteiger partial charge in [0.15, 0.2) is 11.5 Å². The molecule has 0 saturated heterocycles. The maximum absolute atomic E-state index is 12.6. The standard InChI is InChI=1S/C15H10ClN3O4S2/c16-10-1-3-11(4-2-10)25(22,23)14-5-9(7-24-14)12(20)6-13(21)15-17-8-18-19-15/h1-8,21H,(H,17,18,19). The van der Waals surface area contributed by atoms with E-state index in [-0.39, 0.29) is 20.5 Å². The fourth-order valence-electron chi connectivity index (χ4n) is 1.92. The summed E-state index contributed by atoms with van der Waals surface area (Å²) >= 11 is 6.68. The van der Waals surface area contributed by atoms with Crippen LogP contribution in [0.4, 0.5) is 0 Å². The molecule has 25 heavy (non-hydrogen) atoms. The second-order valence-corrected chi connectivity index (χ2v) is 8.35. The smallest absolute Gasteiger partial charge is 0.215 e. The predicted molar refractivity (Wildman–Crippen MR) is 92.5 cm³/mol. The van der Waals surface area contributed by atoms with Crippen molar-refractivity contribution in [3.8, 4) is 0 Å². The number of carbonyl (C=O) groups is 1. The molecule has 2 aromatic heterocycles. The first kappa shape index (κ1) is 17.3. The molecule has 2 heterocycles. The molecular formula is C15H10ClN3O4S2. The van der Waals surface area contributed by atoms with Crippen molar-refractivity contribution in [1.82, 2.24) is 15.2 Å². The van der Waals surface area contributed by atoms with Crippen molar-refractivity contribution in [2.24, 2.45) is 0 Å². The van der Waals surface area contributed by atoms with E-state index in [1.165, 1.54) is 42.0 Å². The van der Waals surface area contributed by atoms with Gasteiger partial charge >= 0.3 is 0 Å². The van der Waals surface area contributed by atoms with Gasteiger partial charge in [-0.15, -0.1) is 11.3 Å². The number of aromatic amines is 1. The fraction of sp³-hybridized carbons (Fsp3) is 0. The van der Waals surface area contributed by atoms with E-state index in [1.807, 2.05) is 0 Å². The number of aliphatic hydroxyl groups is 1. The van der Waals surface area contributed by atoms with Gasteiger partial charge in [-0.1, -0.05) is 11.6 Å². The number of rotatable bonds is 5. The zero-order valence-electron chi connectivity index (χ0n) is 12.4. The largest absolute Gasteiger partial charge is 0.504 e. The first-order valence-electron chi connectivity index (χ1n) is 6.78. The highest BCUT2D eigenvalue weighted by Crippen LogP contribution is 2.28. The number of hydrogen-bond donors (Lipinski definition) is 2. The number of hydrogen-bond acceptors (Lipinski definition) is 7. The van der Waals surface area contributed by atoms with Gasteiger partial charge in [-0.05, 0) is 30.3 Å². The summed E-state index contributed by atoms with van der Waals surface area (Å²) in [6, 6.07) is 7.01. The third kappa shape index (κ3) is 3.63. The minimum Gasteiger partial charge on any atom is -0.504 e. The molecule has 0 aliphatic rings. The second-order valence-electron chi connectivity index (χ2n) is 4.83. The maximum Gasteiger partial charge on any atom is 0.215 e. The Balaban J connectivity index is 1.88. The molecule has 0 atom stereocenters. The van der Waals surface area contributed by atoms with Crippen LogP contribution in [0.5, 0.6) is 0 Å². The monoisotopic (exact) mass is 395 g/mol. The van der Waals surface area contributed by atoms with Gasteiger partial charge in [-0.2, -0.15) is 5.10 Å². The molecule has 3 aromatic rings. The highest BCUT2D eigenvalue weighted by atomic mass is 35.5. The lowest BCUT2D eigenvalue weighted by atomic mass is 10.2. The third-order valence-electron chi connectivity index (χ3n) is 3.16. The summed E-state index contributed by atoms with van der Waals surface area (Å²) in [5.41, 5.74) is 0.139. The van der Waals surface area contributed by atoms with Crippen molar-refractivity contribution < 1.29 is 18.3 Å². The lowest BCUT2D eigenvalue weighted by Gasteiger charge is -2.01. The summed E-state index contributed by atoms with van der Waals surface area (Å²) < 4.78 is 25.1. The lowest BCUT2D eigenvalue weighted by Crippen LogP contribution is -2.00. The van der Waals surface area contributed by atoms with E-state index in [0.29, 0.717) is 5.02 Å². The van der Waals surface area contributed by atoms with Crippen LogP contribution in [0.1, 0.15) is 16.2 Å². The van der Waals surface area contributed by atoms with Crippen LogP contribution < -0.4 is 0 Å². The van der Waals surface area contributed by atoms with E-state index in [4.69, 9.17) is 11.6 Å². The number of benzene rings is 1. The molecule has 0 fully saturated rings. The Morgan fingerprint density at radius 3 is 2.64 bits per heavy atom. The molecule has 0 radical (unpaired) electrons. The quantitative estimate of drug-likeness (QED) is 0.390. The first-order chi connectivity index (χ1) is 11.9. The van der Waals surface area contributed by atoms with Crippen molar-refractivity contribution in [3.63, 3.8) is 0 Å². The molecule has 2 N–H and O–H groups in total. The summed E-state index contributed by atoms with van der Waals surface area (Å²) in [6.45, 7) is 0. The Labute approximate surface area is 151 Å². The number of nitrogens with one attached hydrogen (secondary N) is 1. The Bertz CT molecular complexity index is 1040. The number of thiophene rings is 1. The van der Waals surface area contributed by atoms with Gasteiger partial charge in [0, 0.05) is 22.0 Å². The number of aromatic nitrogens is 3. The van der Waals surface area contributed by atoms with Gasteiger partial charge in [-0.25, -0.2) is 13.4 Å². The molecule has 0 amide bonds. The van der Waals surface area contributed by atoms with E-state index >= 15 is 0 Å². The minimum absolute atomic E-state index is 0.0176. The minimum atomic E-state index is -3.75. The van der Waals surface area contributed by atoms with Crippen LogP contribution in [-0.2, 0) is 9.84 Å². The Morgan fingerprint density at radius 2 is 2.00 bits per heavy atom. The SMILES string of the molecule is O=C(C=C(O)c1nc[nH]n1)c1csc(S(=O)(=O)c2ccc(Cl)cc2)c1. The number of carbonyl (C=O) groups excluding carboxylic acids is 1. The molecule has 0 bridgehead atoms. The molecule has 0 unspecified atom stereocenters. The summed E-state index contributed by atoms with van der Waals surface area (Å²) in [5, 5.41) is 17.7. The maximum atomic E-state index is 12.6. The summed E-state index contributed by atoms with van der Waals surface area (Å²) in [4.78, 5) is 16.0. The molecule has 0 saturated carbocycles. The molecule has 128 valence electrons. The lowest BCUT2D eigenvalue weighted by molar-refractivity contribution is 0.104. The highest BCUT2D eigenvalue weighted by Gasteiger charge is 2.21. The van der Waals surface area contributed by atoms with E-state index in [9.17, 15) is 18.3 Å². The molecule has 0 aliphatic heterocycles. The predicted octanol–water partition coefficient (Wildman–Crippen LogP) is 3.13. The molecule has 0 aliphatic carbocycles. The zero-order chi connectivity index (χ0) is 18.0. The average Bonchev–Trinajstić information content (AvgIpc) is 3.27. The first-order valence-corrected chi connectivity index (χ1v) is 9.52. The number of allylic oxidation sites excluding steroid dienone is 1. The summed E-state index contributed by atoms with van der Waals surface area (Å²) in [7, 11) is -3.75. The van der Waals surface area contributed by atoms with E-state index in [2.05, 4.69) is 15.2 Å². The number of H-pyrrole nitrogens is 1. The van der Waals surface area contributed by atoms with Gasteiger partial charge in [0.1, 0.15) is 10.5 Å². The normalized spacial score (nSPS) is 12.3. The van der Waals surface area contributed by atoms with Crippen molar-refractivity contribution in [1.29, 1.82) is 0 Å². The van der Waals surface area contributed by atoms with Crippen LogP contribution >= 0.6 is 22.9 Å². The number of ketones is 1. The number of nitrogens with zero attached hydrogens (tertiary/aromatic N) is 2. The van der Waals surface area contributed by atoms with E-state index < -0.39 is 21.4 Å². The molecule has 10 heteroatoms. The van der Waals surface area contributed by atoms with Crippen LogP contribution in [0.3, 0.4) is 0 Å². The number of sulfone groups is 1. The molecule has 3 rings (SSSR count). The Kier molecular flexibility index (Phi) is 4.71. The van der Waals surface area contributed by atoms with E-state index in [1.54, 1.807) is 0 Å². The van der Waals surface area contributed by atoms with E-state index in [0.717, 1.165) is 17.4 Å². The van der Waals surface area contributed by atoms with Crippen LogP contribution in [-0.4, -0.2) is 34.5 Å². The topological polar surface area (TPSA) is 113 Å². The van der Waals surface area contributed by atoms with Crippen molar-refractivity contribution in [3.05, 3.63) is 64.5 Å². The fourth-order valence-corrected chi connectivity index (χ4v) is 4.62. The third-order valence-corrected chi connectivity index (χ3v) is 6.62. The van der Waals surface area contributed by atoms with Crippen molar-refractivity contribution in [2.45, 2.75) is 9.10 Å². The number of aliphatic hydroxyl groups excluding tert-OH is 1. The second kappa shape index (κ2) is 6.79.